The van der Waals surface area contributed by atoms with Gasteiger partial charge in [0.25, 0.3) is 0 Å². The number of aromatic nitrogens is 2. The van der Waals surface area contributed by atoms with Crippen molar-refractivity contribution in [3.63, 3.8) is 0 Å². The second-order valence-corrected chi connectivity index (χ2v) is 3.94. The van der Waals surface area contributed by atoms with Gasteiger partial charge < -0.3 is 10.4 Å². The Kier molecular flexibility index (Phi) is 5.19. The van der Waals surface area contributed by atoms with Crippen LogP contribution in [0.5, 0.6) is 0 Å². The van der Waals surface area contributed by atoms with Gasteiger partial charge in [0.2, 0.25) is 5.91 Å². The molecular formula is C11H17N3O3. The van der Waals surface area contributed by atoms with Crippen LogP contribution >= 0.6 is 0 Å². The number of carbonyl (C=O) groups excluding carboxylic acids is 1. The molecule has 0 fully saturated rings. The van der Waals surface area contributed by atoms with E-state index in [1.165, 1.54) is 0 Å². The van der Waals surface area contributed by atoms with E-state index in [9.17, 15) is 9.59 Å². The van der Waals surface area contributed by atoms with Crippen molar-refractivity contribution in [2.75, 3.05) is 0 Å². The van der Waals surface area contributed by atoms with Crippen molar-refractivity contribution >= 4 is 11.9 Å². The Labute approximate surface area is 99.6 Å². The zero-order valence-corrected chi connectivity index (χ0v) is 9.80. The molecular weight excluding hydrogens is 222 g/mol. The maximum atomic E-state index is 11.4. The standard InChI is InChI=1S/C11H17N3O3/c1-9(8-14-7-3-6-12-14)13-10(15)4-2-5-11(16)17/h3,6-7,9H,2,4-5,8H2,1H3,(H,13,15)(H,16,17). The van der Waals surface area contributed by atoms with Gasteiger partial charge in [0.15, 0.2) is 0 Å². The van der Waals surface area contributed by atoms with Crippen LogP contribution in [0.25, 0.3) is 0 Å². The number of aliphatic carboxylic acids is 1. The van der Waals surface area contributed by atoms with Gasteiger partial charge in [-0.2, -0.15) is 5.10 Å². The van der Waals surface area contributed by atoms with E-state index in [1.807, 2.05) is 19.2 Å². The fourth-order valence-corrected chi connectivity index (χ4v) is 1.48. The average molecular weight is 239 g/mol. The van der Waals surface area contributed by atoms with Crippen LogP contribution in [-0.4, -0.2) is 32.8 Å². The molecule has 1 amide bonds. The Morgan fingerprint density at radius 2 is 2.24 bits per heavy atom. The number of nitrogens with one attached hydrogen (secondary N) is 1. The second-order valence-electron chi connectivity index (χ2n) is 3.94. The predicted molar refractivity (Wildman–Crippen MR) is 61.3 cm³/mol. The Hall–Kier alpha value is -1.85. The molecule has 0 saturated heterocycles. The minimum absolute atomic E-state index is 0.0211. The predicted octanol–water partition coefficient (Wildman–Crippen LogP) is 0.643. The largest absolute Gasteiger partial charge is 0.481 e. The van der Waals surface area contributed by atoms with Crippen LogP contribution in [0, 0.1) is 0 Å². The summed E-state index contributed by atoms with van der Waals surface area (Å²) in [5.41, 5.74) is 0. The van der Waals surface area contributed by atoms with E-state index in [0.717, 1.165) is 0 Å². The van der Waals surface area contributed by atoms with Gasteiger partial charge in [-0.1, -0.05) is 0 Å². The molecule has 1 atom stereocenters. The average Bonchev–Trinajstić information content (AvgIpc) is 2.69. The highest BCUT2D eigenvalue weighted by Crippen LogP contribution is 1.97. The van der Waals surface area contributed by atoms with Gasteiger partial charge in [-0.15, -0.1) is 0 Å². The molecule has 0 aliphatic heterocycles. The van der Waals surface area contributed by atoms with Crippen molar-refractivity contribution in [1.29, 1.82) is 0 Å². The highest BCUT2D eigenvalue weighted by atomic mass is 16.4. The lowest BCUT2D eigenvalue weighted by atomic mass is 10.2. The number of nitrogens with zero attached hydrogens (tertiary/aromatic N) is 2. The minimum atomic E-state index is -0.873. The lowest BCUT2D eigenvalue weighted by Crippen LogP contribution is -2.35. The summed E-state index contributed by atoms with van der Waals surface area (Å²) in [7, 11) is 0. The molecule has 1 unspecified atom stereocenters. The first-order valence-electron chi connectivity index (χ1n) is 5.56. The van der Waals surface area contributed by atoms with E-state index in [-0.39, 0.29) is 24.8 Å². The third-order valence-corrected chi connectivity index (χ3v) is 2.22. The summed E-state index contributed by atoms with van der Waals surface area (Å²) in [5, 5.41) is 15.3. The van der Waals surface area contributed by atoms with E-state index in [2.05, 4.69) is 10.4 Å². The SMILES string of the molecule is CC(Cn1cccn1)NC(=O)CCCC(=O)O. The summed E-state index contributed by atoms with van der Waals surface area (Å²) in [6.07, 6.45) is 4.15. The fraction of sp³-hybridized carbons (Fsp3) is 0.545. The maximum absolute atomic E-state index is 11.4. The number of hydrogen-bond donors (Lipinski definition) is 2. The molecule has 1 rings (SSSR count). The van der Waals surface area contributed by atoms with Crippen LogP contribution in [-0.2, 0) is 16.1 Å². The van der Waals surface area contributed by atoms with Crippen LogP contribution < -0.4 is 5.32 Å². The van der Waals surface area contributed by atoms with Gasteiger partial charge in [0, 0.05) is 31.3 Å². The Morgan fingerprint density at radius 1 is 1.47 bits per heavy atom. The zero-order valence-electron chi connectivity index (χ0n) is 9.80. The lowest BCUT2D eigenvalue weighted by molar-refractivity contribution is -0.137. The van der Waals surface area contributed by atoms with Gasteiger partial charge in [-0.05, 0) is 19.4 Å². The molecule has 0 aliphatic carbocycles. The smallest absolute Gasteiger partial charge is 0.303 e. The third-order valence-electron chi connectivity index (χ3n) is 2.22. The number of rotatable bonds is 7. The maximum Gasteiger partial charge on any atom is 0.303 e. The first-order valence-corrected chi connectivity index (χ1v) is 5.56. The molecule has 1 aromatic rings. The van der Waals surface area contributed by atoms with Crippen molar-refractivity contribution in [3.05, 3.63) is 18.5 Å². The number of carboxylic acid groups (broad SMARTS) is 1. The first-order chi connectivity index (χ1) is 8.08. The highest BCUT2D eigenvalue weighted by Gasteiger charge is 2.08. The first kappa shape index (κ1) is 13.2. The van der Waals surface area contributed by atoms with E-state index < -0.39 is 5.97 Å². The van der Waals surface area contributed by atoms with E-state index >= 15 is 0 Å². The van der Waals surface area contributed by atoms with Crippen LogP contribution in [0.1, 0.15) is 26.2 Å². The molecule has 6 heteroatoms. The van der Waals surface area contributed by atoms with Crippen molar-refractivity contribution in [1.82, 2.24) is 15.1 Å². The van der Waals surface area contributed by atoms with Crippen LogP contribution in [0.4, 0.5) is 0 Å². The summed E-state index contributed by atoms with van der Waals surface area (Å²) in [6.45, 7) is 2.49. The molecule has 6 nitrogen and oxygen atoms in total. The molecule has 0 bridgehead atoms. The second kappa shape index (κ2) is 6.67. The van der Waals surface area contributed by atoms with Crippen LogP contribution in [0.2, 0.25) is 0 Å². The van der Waals surface area contributed by atoms with Crippen LogP contribution in [0.3, 0.4) is 0 Å². The van der Waals surface area contributed by atoms with E-state index in [0.29, 0.717) is 13.0 Å². The summed E-state index contributed by atoms with van der Waals surface area (Å²) in [4.78, 5) is 21.7. The van der Waals surface area contributed by atoms with Gasteiger partial charge >= 0.3 is 5.97 Å². The molecule has 0 aromatic carbocycles. The third kappa shape index (κ3) is 5.70. The summed E-state index contributed by atoms with van der Waals surface area (Å²) >= 11 is 0. The van der Waals surface area contributed by atoms with Crippen molar-refractivity contribution < 1.29 is 14.7 Å². The summed E-state index contributed by atoms with van der Waals surface area (Å²) in [5.74, 6) is -0.992. The lowest BCUT2D eigenvalue weighted by Gasteiger charge is -2.13. The topological polar surface area (TPSA) is 84.2 Å². The quantitative estimate of drug-likeness (QED) is 0.731. The van der Waals surface area contributed by atoms with E-state index in [4.69, 9.17) is 5.11 Å². The molecule has 1 heterocycles. The Balaban J connectivity index is 2.19. The summed E-state index contributed by atoms with van der Waals surface area (Å²) in [6, 6.07) is 1.80. The monoisotopic (exact) mass is 239 g/mol. The minimum Gasteiger partial charge on any atom is -0.481 e. The molecule has 0 radical (unpaired) electrons. The van der Waals surface area contributed by atoms with Crippen LogP contribution in [0.15, 0.2) is 18.5 Å². The fourth-order valence-electron chi connectivity index (χ4n) is 1.48. The Bertz CT molecular complexity index is 362. The van der Waals surface area contributed by atoms with Gasteiger partial charge in [0.05, 0.1) is 6.54 Å². The van der Waals surface area contributed by atoms with Crippen molar-refractivity contribution in [2.45, 2.75) is 38.8 Å². The molecule has 0 aliphatic rings. The number of hydrogen-bond acceptors (Lipinski definition) is 3. The van der Waals surface area contributed by atoms with Gasteiger partial charge in [-0.25, -0.2) is 0 Å². The molecule has 94 valence electrons. The highest BCUT2D eigenvalue weighted by molar-refractivity contribution is 5.76. The van der Waals surface area contributed by atoms with Crippen molar-refractivity contribution in [2.24, 2.45) is 0 Å². The molecule has 2 N–H and O–H groups in total. The normalized spacial score (nSPS) is 12.1. The van der Waals surface area contributed by atoms with E-state index in [1.54, 1.807) is 10.9 Å². The van der Waals surface area contributed by atoms with Gasteiger partial charge in [-0.3, -0.25) is 14.3 Å². The van der Waals surface area contributed by atoms with Crippen molar-refractivity contribution in [3.8, 4) is 0 Å². The number of carboxylic acids is 1. The number of carbonyl (C=O) groups is 2. The zero-order chi connectivity index (χ0) is 12.7. The van der Waals surface area contributed by atoms with Gasteiger partial charge in [0.1, 0.15) is 0 Å². The number of amides is 1. The summed E-state index contributed by atoms with van der Waals surface area (Å²) < 4.78 is 1.74. The molecule has 0 saturated carbocycles. The molecule has 17 heavy (non-hydrogen) atoms. The molecule has 1 aromatic heterocycles. The Morgan fingerprint density at radius 3 is 2.82 bits per heavy atom. The molecule has 0 spiro atoms.